The molecule has 13 heteroatoms. The van der Waals surface area contributed by atoms with E-state index in [0.717, 1.165) is 5.56 Å². The van der Waals surface area contributed by atoms with E-state index in [4.69, 9.17) is 29.3 Å². The number of aliphatic hydroxyl groups excluding tert-OH is 1. The van der Waals surface area contributed by atoms with Gasteiger partial charge < -0.3 is 30.1 Å². The van der Waals surface area contributed by atoms with Crippen LogP contribution in [0.15, 0.2) is 53.4 Å². The van der Waals surface area contributed by atoms with Gasteiger partial charge in [0, 0.05) is 19.6 Å². The Morgan fingerprint density at radius 3 is 2.14 bits per heavy atom. The molecule has 192 valence electrons. The van der Waals surface area contributed by atoms with Gasteiger partial charge in [-0.15, -0.1) is 0 Å². The van der Waals surface area contributed by atoms with Crippen LogP contribution >= 0.6 is 0 Å². The van der Waals surface area contributed by atoms with Crippen molar-refractivity contribution in [2.45, 2.75) is 17.9 Å². The molecule has 0 bridgehead atoms. The lowest BCUT2D eigenvalue weighted by molar-refractivity contribution is -0.159. The first-order chi connectivity index (χ1) is 16.5. The van der Waals surface area contributed by atoms with Gasteiger partial charge in [-0.25, -0.2) is 27.5 Å². The summed E-state index contributed by atoms with van der Waals surface area (Å²) in [6, 6.07) is 13.2. The number of hydrogen-bond acceptors (Lipinski definition) is 9. The molecule has 0 spiro atoms. The van der Waals surface area contributed by atoms with E-state index in [1.807, 2.05) is 6.92 Å². The first kappa shape index (κ1) is 29.5. The Morgan fingerprint density at radius 1 is 0.971 bits per heavy atom. The monoisotopic (exact) mass is 512 g/mol. The fraction of sp³-hybridized carbons (Fsp3) is 0.318. The number of methoxy groups -OCH3 is 1. The molecule has 0 saturated heterocycles. The summed E-state index contributed by atoms with van der Waals surface area (Å²) in [5, 5.41) is 27.8. The van der Waals surface area contributed by atoms with Crippen molar-refractivity contribution in [3.63, 3.8) is 0 Å². The molecule has 35 heavy (non-hydrogen) atoms. The van der Waals surface area contributed by atoms with Crippen LogP contribution in [0.2, 0.25) is 0 Å². The molecule has 0 fully saturated rings. The average Bonchev–Trinajstić information content (AvgIpc) is 2.82. The van der Waals surface area contributed by atoms with E-state index in [0.29, 0.717) is 12.3 Å². The highest BCUT2D eigenvalue weighted by molar-refractivity contribution is 7.89. The number of carboxylic acids is 2. The molecule has 0 radical (unpaired) electrons. The molecule has 2 aromatic rings. The third-order valence-electron chi connectivity index (χ3n) is 4.21. The lowest BCUT2D eigenvalue weighted by Gasteiger charge is -2.15. The molecule has 0 aromatic heterocycles. The van der Waals surface area contributed by atoms with Crippen LogP contribution < -0.4 is 14.8 Å². The Labute approximate surface area is 202 Å². The van der Waals surface area contributed by atoms with Gasteiger partial charge in [-0.05, 0) is 31.2 Å². The number of sulfonamides is 1. The molecule has 0 aliphatic rings. The predicted molar refractivity (Wildman–Crippen MR) is 124 cm³/mol. The number of nitrogens with one attached hydrogen (secondary N) is 2. The highest BCUT2D eigenvalue weighted by atomic mass is 32.2. The van der Waals surface area contributed by atoms with Gasteiger partial charge >= 0.3 is 17.9 Å². The number of aliphatic hydroxyl groups is 1. The Bertz CT molecular complexity index is 1080. The number of ether oxygens (including phenoxy) is 2. The van der Waals surface area contributed by atoms with E-state index < -0.39 is 34.0 Å². The fourth-order valence-corrected chi connectivity index (χ4v) is 3.49. The first-order valence-electron chi connectivity index (χ1n) is 10.2. The lowest BCUT2D eigenvalue weighted by atomic mass is 10.2. The number of benzene rings is 2. The van der Waals surface area contributed by atoms with Crippen LogP contribution in [0.1, 0.15) is 15.9 Å². The summed E-state index contributed by atoms with van der Waals surface area (Å²) < 4.78 is 37.0. The molecule has 12 nitrogen and oxygen atoms in total. The van der Waals surface area contributed by atoms with Gasteiger partial charge in [-0.2, -0.15) is 0 Å². The average molecular weight is 513 g/mol. The molecule has 0 saturated carbocycles. The van der Waals surface area contributed by atoms with Crippen molar-refractivity contribution in [2.75, 3.05) is 33.4 Å². The van der Waals surface area contributed by atoms with Crippen LogP contribution in [0.25, 0.3) is 0 Å². The van der Waals surface area contributed by atoms with Crippen molar-refractivity contribution >= 4 is 27.9 Å². The van der Waals surface area contributed by atoms with Gasteiger partial charge in [0.1, 0.15) is 24.0 Å². The third-order valence-corrected chi connectivity index (χ3v) is 5.69. The van der Waals surface area contributed by atoms with Gasteiger partial charge in [-0.3, -0.25) is 0 Å². The van der Waals surface area contributed by atoms with Crippen LogP contribution in [0.3, 0.4) is 0 Å². The van der Waals surface area contributed by atoms with Gasteiger partial charge in [0.25, 0.3) is 0 Å². The van der Waals surface area contributed by atoms with Crippen molar-refractivity contribution in [1.29, 1.82) is 0 Å². The van der Waals surface area contributed by atoms with Crippen LogP contribution in [-0.4, -0.2) is 81.1 Å². The summed E-state index contributed by atoms with van der Waals surface area (Å²) in [7, 11) is -2.28. The minimum Gasteiger partial charge on any atom is -0.490 e. The molecule has 2 aromatic carbocycles. The fourth-order valence-electron chi connectivity index (χ4n) is 2.46. The van der Waals surface area contributed by atoms with Crippen molar-refractivity contribution in [3.05, 3.63) is 59.7 Å². The number of esters is 1. The van der Waals surface area contributed by atoms with Crippen molar-refractivity contribution in [2.24, 2.45) is 0 Å². The molecule has 5 N–H and O–H groups in total. The number of hydrogen-bond donors (Lipinski definition) is 5. The second-order valence-corrected chi connectivity index (χ2v) is 8.74. The summed E-state index contributed by atoms with van der Waals surface area (Å²) in [6.07, 6.45) is -0.839. The maximum atomic E-state index is 12.2. The highest BCUT2D eigenvalue weighted by Crippen LogP contribution is 2.18. The normalized spacial score (nSPS) is 11.5. The van der Waals surface area contributed by atoms with E-state index in [1.165, 1.54) is 7.11 Å². The van der Waals surface area contributed by atoms with Crippen molar-refractivity contribution in [3.8, 4) is 5.75 Å². The third kappa shape index (κ3) is 11.0. The Balaban J connectivity index is 0.000000905. The van der Waals surface area contributed by atoms with Gasteiger partial charge in [0.05, 0.1) is 12.0 Å². The molecule has 0 amide bonds. The minimum atomic E-state index is -3.56. The molecular weight excluding hydrogens is 484 g/mol. The second-order valence-electron chi connectivity index (χ2n) is 6.98. The molecule has 0 aliphatic carbocycles. The molecule has 1 unspecified atom stereocenters. The zero-order chi connectivity index (χ0) is 26.4. The minimum absolute atomic E-state index is 0.0316. The summed E-state index contributed by atoms with van der Waals surface area (Å²) >= 11 is 0. The summed E-state index contributed by atoms with van der Waals surface area (Å²) in [6.45, 7) is 2.56. The quantitative estimate of drug-likeness (QED) is 0.158. The number of carboxylic acid groups (broad SMARTS) is 2. The smallest absolute Gasteiger partial charge is 0.414 e. The topological polar surface area (TPSA) is 189 Å². The second kappa shape index (κ2) is 14.7. The zero-order valence-electron chi connectivity index (χ0n) is 19.1. The molecular formula is C22H28N2O10S. The van der Waals surface area contributed by atoms with Crippen molar-refractivity contribution < 1.29 is 47.6 Å². The van der Waals surface area contributed by atoms with E-state index in [2.05, 4.69) is 10.0 Å². The number of rotatable bonds is 11. The van der Waals surface area contributed by atoms with Gasteiger partial charge in [-0.1, -0.05) is 29.8 Å². The molecule has 1 atom stereocenters. The number of carbonyl (C=O) groups excluding carboxylic acids is 1. The number of para-hydroxylation sites is 1. The van der Waals surface area contributed by atoms with Crippen LogP contribution in [0.5, 0.6) is 5.75 Å². The van der Waals surface area contributed by atoms with Crippen molar-refractivity contribution in [1.82, 2.24) is 10.0 Å². The van der Waals surface area contributed by atoms with Crippen LogP contribution in [0.4, 0.5) is 0 Å². The lowest BCUT2D eigenvalue weighted by Crippen LogP contribution is -2.37. The molecule has 0 heterocycles. The Kier molecular flexibility index (Phi) is 12.4. The predicted octanol–water partition coefficient (Wildman–Crippen LogP) is 0.245. The molecule has 2 rings (SSSR count). The maximum Gasteiger partial charge on any atom is 0.414 e. The Hall–Kier alpha value is -3.52. The largest absolute Gasteiger partial charge is 0.490 e. The summed E-state index contributed by atoms with van der Waals surface area (Å²) in [5.41, 5.74) is 1.26. The zero-order valence-corrected chi connectivity index (χ0v) is 19.9. The van der Waals surface area contributed by atoms with E-state index in [1.54, 1.807) is 48.5 Å². The van der Waals surface area contributed by atoms with Crippen LogP contribution in [-0.2, 0) is 24.3 Å². The first-order valence-corrected chi connectivity index (χ1v) is 11.7. The summed E-state index contributed by atoms with van der Waals surface area (Å²) in [5.74, 6) is -3.84. The van der Waals surface area contributed by atoms with Gasteiger partial charge in [0.15, 0.2) is 0 Å². The van der Waals surface area contributed by atoms with E-state index in [-0.39, 0.29) is 30.2 Å². The van der Waals surface area contributed by atoms with E-state index >= 15 is 0 Å². The van der Waals surface area contributed by atoms with E-state index in [9.17, 15) is 18.3 Å². The standard InChI is InChI=1S/C20H26N2O6S.C2H2O4/c1-15-7-9-17(10-8-15)29(25,26)22-12-11-21-13-16(23)14-28-19-6-4-3-5-18(19)20(24)27-2;3-1(4)2(5)6/h3-10,16,21-23H,11-14H2,1-2H3;(H,3,4)(H,5,6). The Morgan fingerprint density at radius 2 is 1.57 bits per heavy atom. The maximum absolute atomic E-state index is 12.2. The summed E-state index contributed by atoms with van der Waals surface area (Å²) in [4.78, 5) is 30.1. The number of carbonyl (C=O) groups is 3. The molecule has 0 aliphatic heterocycles. The number of aryl methyl sites for hydroxylation is 1. The SMILES string of the molecule is COC(=O)c1ccccc1OCC(O)CNCCNS(=O)(=O)c1ccc(C)cc1.O=C(O)C(=O)O. The number of aliphatic carboxylic acids is 2. The van der Waals surface area contributed by atoms with Crippen LogP contribution in [0, 0.1) is 6.92 Å². The highest BCUT2D eigenvalue weighted by Gasteiger charge is 2.15. The van der Waals surface area contributed by atoms with Gasteiger partial charge in [0.2, 0.25) is 10.0 Å².